The Morgan fingerprint density at radius 1 is 1.12 bits per heavy atom. The van der Waals surface area contributed by atoms with Crippen LogP contribution < -0.4 is 10.9 Å². The average Bonchev–Trinajstić information content (AvgIpc) is 2.64. The predicted octanol–water partition coefficient (Wildman–Crippen LogP) is 4.45. The Morgan fingerprint density at radius 3 is 2.62 bits per heavy atom. The van der Waals surface area contributed by atoms with Gasteiger partial charge in [0.25, 0.3) is 5.56 Å². The summed E-state index contributed by atoms with van der Waals surface area (Å²) in [5.74, 6) is 0.757. The van der Waals surface area contributed by atoms with E-state index in [4.69, 9.17) is 4.98 Å². The van der Waals surface area contributed by atoms with Gasteiger partial charge in [0.05, 0.1) is 22.6 Å². The van der Waals surface area contributed by atoms with E-state index in [1.54, 1.807) is 4.57 Å². The summed E-state index contributed by atoms with van der Waals surface area (Å²) in [5.41, 5.74) is 3.98. The third kappa shape index (κ3) is 3.56. The highest BCUT2D eigenvalue weighted by molar-refractivity contribution is 5.77. The predicted molar refractivity (Wildman–Crippen MR) is 108 cm³/mol. The van der Waals surface area contributed by atoms with E-state index in [9.17, 15) is 4.79 Å². The van der Waals surface area contributed by atoms with Crippen LogP contribution in [-0.4, -0.2) is 16.1 Å². The first-order valence-corrected chi connectivity index (χ1v) is 9.35. The number of nitrogens with one attached hydrogen (secondary N) is 1. The second kappa shape index (κ2) is 7.83. The van der Waals surface area contributed by atoms with Gasteiger partial charge in [-0.25, -0.2) is 4.98 Å². The normalized spacial score (nSPS) is 12.5. The lowest BCUT2D eigenvalue weighted by Gasteiger charge is -2.20. The Labute approximate surface area is 154 Å². The molecule has 0 saturated heterocycles. The van der Waals surface area contributed by atoms with Crippen molar-refractivity contribution in [2.45, 2.75) is 46.6 Å². The molecule has 0 bridgehead atoms. The Balaban J connectivity index is 2.20. The molecule has 0 aliphatic rings. The highest BCUT2D eigenvalue weighted by Gasteiger charge is 2.17. The standard InChI is InChI=1S/C22H27N3O/c1-5-6-13-23-17(4)21-24-20-10-8-7-9-19(20)22(26)25(21)18-12-11-15(2)16(3)14-18/h7-12,14,17,23H,5-6,13H2,1-4H3/t17-/m0/s1. The summed E-state index contributed by atoms with van der Waals surface area (Å²) in [6.07, 6.45) is 2.24. The summed E-state index contributed by atoms with van der Waals surface area (Å²) in [4.78, 5) is 18.1. The number of aryl methyl sites for hydroxylation is 2. The zero-order chi connectivity index (χ0) is 18.7. The average molecular weight is 349 g/mol. The zero-order valence-electron chi connectivity index (χ0n) is 16.0. The van der Waals surface area contributed by atoms with Crippen molar-refractivity contribution < 1.29 is 0 Å². The van der Waals surface area contributed by atoms with E-state index in [2.05, 4.69) is 45.1 Å². The van der Waals surface area contributed by atoms with Gasteiger partial charge in [-0.15, -0.1) is 0 Å². The molecule has 0 fully saturated rings. The van der Waals surface area contributed by atoms with Gasteiger partial charge in [-0.2, -0.15) is 0 Å². The van der Waals surface area contributed by atoms with Crippen LogP contribution in [0.2, 0.25) is 0 Å². The lowest BCUT2D eigenvalue weighted by atomic mass is 10.1. The molecule has 0 amide bonds. The zero-order valence-corrected chi connectivity index (χ0v) is 16.0. The highest BCUT2D eigenvalue weighted by Crippen LogP contribution is 2.20. The van der Waals surface area contributed by atoms with Crippen molar-refractivity contribution in [1.82, 2.24) is 14.9 Å². The molecule has 1 aromatic heterocycles. The number of rotatable bonds is 6. The second-order valence-electron chi connectivity index (χ2n) is 6.93. The van der Waals surface area contributed by atoms with Crippen LogP contribution >= 0.6 is 0 Å². The minimum absolute atomic E-state index is 0.0135. The minimum atomic E-state index is -0.0157. The molecule has 2 aromatic carbocycles. The van der Waals surface area contributed by atoms with Crippen molar-refractivity contribution in [3.8, 4) is 5.69 Å². The molecule has 1 heterocycles. The largest absolute Gasteiger partial charge is 0.308 e. The number of hydrogen-bond donors (Lipinski definition) is 1. The molecule has 0 aliphatic heterocycles. The topological polar surface area (TPSA) is 46.9 Å². The Hall–Kier alpha value is -2.46. The molecule has 3 aromatic rings. The number of para-hydroxylation sites is 1. The minimum Gasteiger partial charge on any atom is -0.308 e. The molecular weight excluding hydrogens is 322 g/mol. The van der Waals surface area contributed by atoms with Gasteiger partial charge in [0.15, 0.2) is 0 Å². The Morgan fingerprint density at radius 2 is 1.88 bits per heavy atom. The molecule has 4 heteroatoms. The van der Waals surface area contributed by atoms with Crippen LogP contribution in [0.4, 0.5) is 0 Å². The van der Waals surface area contributed by atoms with Crippen LogP contribution in [0.5, 0.6) is 0 Å². The van der Waals surface area contributed by atoms with Crippen LogP contribution in [0, 0.1) is 13.8 Å². The van der Waals surface area contributed by atoms with E-state index in [1.807, 2.05) is 30.3 Å². The summed E-state index contributed by atoms with van der Waals surface area (Å²) in [7, 11) is 0. The molecule has 0 unspecified atom stereocenters. The van der Waals surface area contributed by atoms with Gasteiger partial charge < -0.3 is 5.32 Å². The van der Waals surface area contributed by atoms with Gasteiger partial charge in [0.2, 0.25) is 0 Å². The second-order valence-corrected chi connectivity index (χ2v) is 6.93. The summed E-state index contributed by atoms with van der Waals surface area (Å²) in [6.45, 7) is 9.31. The number of fused-ring (bicyclic) bond motifs is 1. The van der Waals surface area contributed by atoms with Crippen LogP contribution in [-0.2, 0) is 0 Å². The van der Waals surface area contributed by atoms with Gasteiger partial charge in [-0.05, 0) is 69.1 Å². The summed E-state index contributed by atoms with van der Waals surface area (Å²) in [5, 5.41) is 4.15. The maximum Gasteiger partial charge on any atom is 0.266 e. The number of unbranched alkanes of at least 4 members (excludes halogenated alkanes) is 1. The molecular formula is C22H27N3O. The van der Waals surface area contributed by atoms with E-state index >= 15 is 0 Å². The molecule has 0 spiro atoms. The van der Waals surface area contributed by atoms with Crippen molar-refractivity contribution >= 4 is 10.9 Å². The van der Waals surface area contributed by atoms with Crippen LogP contribution in [0.25, 0.3) is 16.6 Å². The first kappa shape index (κ1) is 18.3. The van der Waals surface area contributed by atoms with E-state index in [0.29, 0.717) is 5.39 Å². The summed E-state index contributed by atoms with van der Waals surface area (Å²) >= 11 is 0. The van der Waals surface area contributed by atoms with Gasteiger partial charge >= 0.3 is 0 Å². The SMILES string of the molecule is CCCCN[C@@H](C)c1nc2ccccc2c(=O)n1-c1ccc(C)c(C)c1. The van der Waals surface area contributed by atoms with E-state index < -0.39 is 0 Å². The lowest BCUT2D eigenvalue weighted by molar-refractivity contribution is 0.520. The third-order valence-electron chi connectivity index (χ3n) is 4.92. The quantitative estimate of drug-likeness (QED) is 0.669. The fourth-order valence-corrected chi connectivity index (χ4v) is 3.14. The molecule has 0 saturated carbocycles. The molecule has 4 nitrogen and oxygen atoms in total. The molecule has 26 heavy (non-hydrogen) atoms. The summed E-state index contributed by atoms with van der Waals surface area (Å²) < 4.78 is 1.76. The van der Waals surface area contributed by atoms with Crippen molar-refractivity contribution in [2.24, 2.45) is 0 Å². The number of nitrogens with zero attached hydrogens (tertiary/aromatic N) is 2. The van der Waals surface area contributed by atoms with Gasteiger partial charge in [-0.1, -0.05) is 31.5 Å². The molecule has 3 rings (SSSR count). The van der Waals surface area contributed by atoms with Crippen LogP contribution in [0.1, 0.15) is 49.7 Å². The van der Waals surface area contributed by atoms with Crippen molar-refractivity contribution in [1.29, 1.82) is 0 Å². The van der Waals surface area contributed by atoms with Crippen molar-refractivity contribution in [2.75, 3.05) is 6.54 Å². The van der Waals surface area contributed by atoms with E-state index in [1.165, 1.54) is 11.1 Å². The first-order chi connectivity index (χ1) is 12.5. The number of benzene rings is 2. The Kier molecular flexibility index (Phi) is 5.52. The first-order valence-electron chi connectivity index (χ1n) is 9.35. The fourth-order valence-electron chi connectivity index (χ4n) is 3.14. The lowest BCUT2D eigenvalue weighted by Crippen LogP contribution is -2.30. The van der Waals surface area contributed by atoms with Crippen LogP contribution in [0.15, 0.2) is 47.3 Å². The van der Waals surface area contributed by atoms with E-state index in [-0.39, 0.29) is 11.6 Å². The third-order valence-corrected chi connectivity index (χ3v) is 4.92. The molecule has 1 N–H and O–H groups in total. The smallest absolute Gasteiger partial charge is 0.266 e. The van der Waals surface area contributed by atoms with Gasteiger partial charge in [-0.3, -0.25) is 9.36 Å². The van der Waals surface area contributed by atoms with Crippen molar-refractivity contribution in [3.63, 3.8) is 0 Å². The molecule has 1 atom stereocenters. The van der Waals surface area contributed by atoms with Gasteiger partial charge in [0, 0.05) is 0 Å². The highest BCUT2D eigenvalue weighted by atomic mass is 16.1. The maximum absolute atomic E-state index is 13.3. The Bertz CT molecular complexity index is 975. The molecule has 0 radical (unpaired) electrons. The maximum atomic E-state index is 13.3. The van der Waals surface area contributed by atoms with E-state index in [0.717, 1.165) is 36.4 Å². The fraction of sp³-hybridized carbons (Fsp3) is 0.364. The monoisotopic (exact) mass is 349 g/mol. The molecule has 0 aliphatic carbocycles. The summed E-state index contributed by atoms with van der Waals surface area (Å²) in [6, 6.07) is 13.7. The van der Waals surface area contributed by atoms with Gasteiger partial charge in [0.1, 0.15) is 5.82 Å². The molecule has 136 valence electrons. The number of aromatic nitrogens is 2. The van der Waals surface area contributed by atoms with Crippen LogP contribution in [0.3, 0.4) is 0 Å². The van der Waals surface area contributed by atoms with Crippen molar-refractivity contribution in [3.05, 3.63) is 69.8 Å². The number of hydrogen-bond acceptors (Lipinski definition) is 3.